The van der Waals surface area contributed by atoms with Gasteiger partial charge >= 0.3 is 0 Å². The molecule has 0 radical (unpaired) electrons. The van der Waals surface area contributed by atoms with Crippen molar-refractivity contribution in [3.05, 3.63) is 95.6 Å². The lowest BCUT2D eigenvalue weighted by Gasteiger charge is -2.17. The van der Waals surface area contributed by atoms with Gasteiger partial charge in [0.15, 0.2) is 0 Å². The Morgan fingerprint density at radius 1 is 1.07 bits per heavy atom. The van der Waals surface area contributed by atoms with Gasteiger partial charge in [0.2, 0.25) is 0 Å². The van der Waals surface area contributed by atoms with E-state index in [-0.39, 0.29) is 11.7 Å². The van der Waals surface area contributed by atoms with Crippen LogP contribution in [0.3, 0.4) is 0 Å². The zero-order valence-electron chi connectivity index (χ0n) is 16.8. The van der Waals surface area contributed by atoms with E-state index in [0.717, 1.165) is 11.0 Å². The van der Waals surface area contributed by atoms with Gasteiger partial charge < -0.3 is 14.6 Å². The highest BCUT2D eigenvalue weighted by Gasteiger charge is 2.21. The second-order valence-electron chi connectivity index (χ2n) is 7.03. The van der Waals surface area contributed by atoms with E-state index in [4.69, 9.17) is 9.72 Å². The third-order valence-electron chi connectivity index (χ3n) is 5.06. The van der Waals surface area contributed by atoms with E-state index in [1.54, 1.807) is 30.3 Å². The van der Waals surface area contributed by atoms with Gasteiger partial charge in [0.05, 0.1) is 36.3 Å². The molecule has 1 aromatic heterocycles. The molecule has 152 valence electrons. The van der Waals surface area contributed by atoms with Gasteiger partial charge in [0.25, 0.3) is 5.91 Å². The number of hydrogen-bond acceptors (Lipinski definition) is 3. The Kier molecular flexibility index (Phi) is 5.48. The fourth-order valence-corrected chi connectivity index (χ4v) is 3.56. The number of aromatic nitrogens is 2. The quantitative estimate of drug-likeness (QED) is 0.507. The normalized spacial score (nSPS) is 12.0. The molecule has 0 saturated carbocycles. The van der Waals surface area contributed by atoms with Crippen molar-refractivity contribution in [3.63, 3.8) is 0 Å². The maximum Gasteiger partial charge on any atom is 0.255 e. The van der Waals surface area contributed by atoms with Gasteiger partial charge in [0, 0.05) is 5.56 Å². The summed E-state index contributed by atoms with van der Waals surface area (Å²) in [6, 6.07) is 21.0. The zero-order valence-corrected chi connectivity index (χ0v) is 16.8. The van der Waals surface area contributed by atoms with E-state index in [9.17, 15) is 9.18 Å². The molecule has 0 fully saturated rings. The Balaban J connectivity index is 1.69. The van der Waals surface area contributed by atoms with Crippen molar-refractivity contribution < 1.29 is 13.9 Å². The molecule has 0 saturated heterocycles. The minimum absolute atomic E-state index is 0.260. The number of fused-ring (bicyclic) bond motifs is 1. The molecule has 1 N–H and O–H groups in total. The summed E-state index contributed by atoms with van der Waals surface area (Å²) in [7, 11) is 1.53. The van der Waals surface area contributed by atoms with E-state index in [0.29, 0.717) is 29.2 Å². The lowest BCUT2D eigenvalue weighted by atomic mass is 10.1. The Morgan fingerprint density at radius 2 is 1.77 bits per heavy atom. The number of hydrogen-bond donors (Lipinski definition) is 1. The van der Waals surface area contributed by atoms with Crippen molar-refractivity contribution in [1.82, 2.24) is 14.9 Å². The van der Waals surface area contributed by atoms with Crippen LogP contribution in [0.15, 0.2) is 72.8 Å². The molecule has 0 unspecified atom stereocenters. The number of para-hydroxylation sites is 3. The molecule has 3 aromatic carbocycles. The third-order valence-corrected chi connectivity index (χ3v) is 5.06. The molecule has 0 aliphatic rings. The first-order valence-electron chi connectivity index (χ1n) is 9.71. The highest BCUT2D eigenvalue weighted by Crippen LogP contribution is 2.24. The summed E-state index contributed by atoms with van der Waals surface area (Å²) >= 11 is 0. The smallest absolute Gasteiger partial charge is 0.255 e. The number of methoxy groups -OCH3 is 1. The number of carbonyl (C=O) groups excluding carboxylic acids is 1. The summed E-state index contributed by atoms with van der Waals surface area (Å²) in [5.74, 6) is 0.626. The number of nitrogens with zero attached hydrogens (tertiary/aromatic N) is 2. The molecule has 30 heavy (non-hydrogen) atoms. The molecule has 0 aliphatic carbocycles. The minimum Gasteiger partial charge on any atom is -0.496 e. The SMILES string of the molecule is COc1ccccc1C(=O)N[C@H](C)c1nc2ccccc2n1Cc1ccccc1F. The fourth-order valence-electron chi connectivity index (χ4n) is 3.56. The van der Waals surface area contributed by atoms with Gasteiger partial charge in [-0.2, -0.15) is 0 Å². The van der Waals surface area contributed by atoms with Crippen LogP contribution in [-0.4, -0.2) is 22.6 Å². The van der Waals surface area contributed by atoms with Crippen LogP contribution in [0.5, 0.6) is 5.75 Å². The van der Waals surface area contributed by atoms with Crippen LogP contribution in [0.1, 0.15) is 34.7 Å². The molecule has 1 heterocycles. The summed E-state index contributed by atoms with van der Waals surface area (Å²) in [4.78, 5) is 17.6. The number of rotatable bonds is 6. The molecule has 1 amide bonds. The predicted octanol–water partition coefficient (Wildman–Crippen LogP) is 4.72. The molecular formula is C24H22FN3O2. The lowest BCUT2D eigenvalue weighted by Crippen LogP contribution is -2.29. The Morgan fingerprint density at radius 3 is 2.57 bits per heavy atom. The van der Waals surface area contributed by atoms with Crippen molar-refractivity contribution in [1.29, 1.82) is 0 Å². The summed E-state index contributed by atoms with van der Waals surface area (Å²) in [5, 5.41) is 2.99. The Labute approximate surface area is 174 Å². The monoisotopic (exact) mass is 403 g/mol. The maximum atomic E-state index is 14.3. The second kappa shape index (κ2) is 8.37. The second-order valence-corrected chi connectivity index (χ2v) is 7.03. The predicted molar refractivity (Wildman–Crippen MR) is 114 cm³/mol. The maximum absolute atomic E-state index is 14.3. The largest absolute Gasteiger partial charge is 0.496 e. The molecule has 0 aliphatic heterocycles. The number of ether oxygens (including phenoxy) is 1. The molecular weight excluding hydrogens is 381 g/mol. The van der Waals surface area contributed by atoms with Gasteiger partial charge in [-0.05, 0) is 37.3 Å². The van der Waals surface area contributed by atoms with Crippen molar-refractivity contribution in [2.24, 2.45) is 0 Å². The van der Waals surface area contributed by atoms with Crippen LogP contribution in [0.25, 0.3) is 11.0 Å². The standard InChI is InChI=1S/C24H22FN3O2/c1-16(26-24(29)18-10-4-8-14-22(18)30-2)23-27-20-12-6-7-13-21(20)28(23)15-17-9-3-5-11-19(17)25/h3-14,16H,15H2,1-2H3,(H,26,29)/t16-/m1/s1. The number of benzene rings is 3. The fraction of sp³-hybridized carbons (Fsp3) is 0.167. The molecule has 6 heteroatoms. The molecule has 4 rings (SSSR count). The summed E-state index contributed by atoms with van der Waals surface area (Å²) < 4.78 is 21.6. The summed E-state index contributed by atoms with van der Waals surface area (Å²) in [5.41, 5.74) is 2.69. The van der Waals surface area contributed by atoms with E-state index in [1.807, 2.05) is 47.9 Å². The first-order valence-corrected chi connectivity index (χ1v) is 9.71. The van der Waals surface area contributed by atoms with Crippen LogP contribution >= 0.6 is 0 Å². The lowest BCUT2D eigenvalue weighted by molar-refractivity contribution is 0.0934. The minimum atomic E-state index is -0.401. The van der Waals surface area contributed by atoms with Gasteiger partial charge in [-0.1, -0.05) is 42.5 Å². The third kappa shape index (κ3) is 3.76. The highest BCUT2D eigenvalue weighted by atomic mass is 19.1. The van der Waals surface area contributed by atoms with Crippen LogP contribution < -0.4 is 10.1 Å². The number of halogens is 1. The van der Waals surface area contributed by atoms with E-state index >= 15 is 0 Å². The van der Waals surface area contributed by atoms with E-state index < -0.39 is 6.04 Å². The van der Waals surface area contributed by atoms with Crippen LogP contribution in [0.4, 0.5) is 4.39 Å². The topological polar surface area (TPSA) is 56.1 Å². The Bertz CT molecular complexity index is 1200. The van der Waals surface area contributed by atoms with Gasteiger partial charge in [-0.15, -0.1) is 0 Å². The average Bonchev–Trinajstić information content (AvgIpc) is 3.14. The molecule has 5 nitrogen and oxygen atoms in total. The number of nitrogens with one attached hydrogen (secondary N) is 1. The molecule has 4 aromatic rings. The van der Waals surface area contributed by atoms with Gasteiger partial charge in [-0.3, -0.25) is 4.79 Å². The number of amides is 1. The summed E-state index contributed by atoms with van der Waals surface area (Å²) in [6.45, 7) is 2.18. The van der Waals surface area contributed by atoms with Crippen molar-refractivity contribution in [2.45, 2.75) is 19.5 Å². The van der Waals surface area contributed by atoms with Crippen LogP contribution in [0, 0.1) is 5.82 Å². The van der Waals surface area contributed by atoms with E-state index in [1.165, 1.54) is 13.2 Å². The number of carbonyl (C=O) groups is 1. The van der Waals surface area contributed by atoms with Crippen molar-refractivity contribution in [3.8, 4) is 5.75 Å². The molecule has 1 atom stereocenters. The van der Waals surface area contributed by atoms with Crippen molar-refractivity contribution >= 4 is 16.9 Å². The Hall–Kier alpha value is -3.67. The first-order chi connectivity index (χ1) is 14.6. The average molecular weight is 403 g/mol. The van der Waals surface area contributed by atoms with Crippen LogP contribution in [0.2, 0.25) is 0 Å². The molecule has 0 spiro atoms. The highest BCUT2D eigenvalue weighted by molar-refractivity contribution is 5.97. The van der Waals surface area contributed by atoms with Gasteiger partial charge in [0.1, 0.15) is 17.4 Å². The van der Waals surface area contributed by atoms with Gasteiger partial charge in [-0.25, -0.2) is 9.37 Å². The van der Waals surface area contributed by atoms with Crippen LogP contribution in [-0.2, 0) is 6.54 Å². The zero-order chi connectivity index (χ0) is 21.1. The first kappa shape index (κ1) is 19.6. The molecule has 0 bridgehead atoms. The van der Waals surface area contributed by atoms with Crippen molar-refractivity contribution in [2.75, 3.05) is 7.11 Å². The van der Waals surface area contributed by atoms with E-state index in [2.05, 4.69) is 5.32 Å². The summed E-state index contributed by atoms with van der Waals surface area (Å²) in [6.07, 6.45) is 0. The number of imidazole rings is 1.